The first-order chi connectivity index (χ1) is 13.4. The molecule has 0 fully saturated rings. The zero-order valence-electron chi connectivity index (χ0n) is 14.4. The van der Waals surface area contributed by atoms with Crippen molar-refractivity contribution in [3.05, 3.63) is 72.4 Å². The van der Waals surface area contributed by atoms with Gasteiger partial charge in [0.05, 0.1) is 24.0 Å². The predicted molar refractivity (Wildman–Crippen MR) is 96.3 cm³/mol. The summed E-state index contributed by atoms with van der Waals surface area (Å²) in [4.78, 5) is 4.15. The second kappa shape index (κ2) is 6.68. The molecule has 2 heterocycles. The average Bonchev–Trinajstić information content (AvgIpc) is 3.08. The number of aliphatic hydroxyl groups is 1. The predicted octanol–water partition coefficient (Wildman–Crippen LogP) is 3.40. The minimum absolute atomic E-state index is 0.0779. The molecule has 0 radical (unpaired) electrons. The van der Waals surface area contributed by atoms with Gasteiger partial charge in [-0.15, -0.1) is 5.10 Å². The number of hydrogen-bond acceptors (Lipinski definition) is 6. The fourth-order valence-corrected chi connectivity index (χ4v) is 2.90. The van der Waals surface area contributed by atoms with Crippen LogP contribution in [0, 0.1) is 0 Å². The number of nitrogens with zero attached hydrogens (tertiary/aromatic N) is 5. The molecular weight excluding hydrogens is 371 g/mol. The molecule has 0 saturated heterocycles. The molecular formula is C19H14F3N5O. The Morgan fingerprint density at radius 3 is 2.14 bits per heavy atom. The van der Waals surface area contributed by atoms with Crippen molar-refractivity contribution in [1.82, 2.24) is 15.2 Å². The lowest BCUT2D eigenvalue weighted by Gasteiger charge is -2.32. The van der Waals surface area contributed by atoms with E-state index in [-0.39, 0.29) is 5.71 Å². The van der Waals surface area contributed by atoms with Gasteiger partial charge >= 0.3 is 6.18 Å². The van der Waals surface area contributed by atoms with Crippen LogP contribution in [-0.4, -0.2) is 37.9 Å². The van der Waals surface area contributed by atoms with Gasteiger partial charge in [0.2, 0.25) is 0 Å². The topological polar surface area (TPSA) is 74.5 Å². The van der Waals surface area contributed by atoms with Gasteiger partial charge in [0.25, 0.3) is 11.7 Å². The maximum absolute atomic E-state index is 13.8. The third-order valence-electron chi connectivity index (χ3n) is 4.35. The van der Waals surface area contributed by atoms with Gasteiger partial charge in [-0.1, -0.05) is 60.7 Å². The molecule has 4 rings (SSSR count). The first-order valence-electron chi connectivity index (χ1n) is 8.36. The number of anilines is 1. The van der Waals surface area contributed by atoms with E-state index in [1.807, 2.05) is 0 Å². The number of aromatic nitrogens is 3. The molecule has 28 heavy (non-hydrogen) atoms. The van der Waals surface area contributed by atoms with E-state index in [0.29, 0.717) is 21.8 Å². The van der Waals surface area contributed by atoms with Crippen molar-refractivity contribution < 1.29 is 18.3 Å². The van der Waals surface area contributed by atoms with Crippen LogP contribution in [0.25, 0.3) is 11.3 Å². The molecule has 1 aliphatic heterocycles. The highest BCUT2D eigenvalue weighted by molar-refractivity contribution is 6.03. The smallest absolute Gasteiger partial charge is 0.362 e. The van der Waals surface area contributed by atoms with Crippen LogP contribution in [0.3, 0.4) is 0 Å². The Kier molecular flexibility index (Phi) is 4.31. The summed E-state index contributed by atoms with van der Waals surface area (Å²) in [7, 11) is 0. The number of hydrazone groups is 1. The average molecular weight is 385 g/mol. The minimum atomic E-state index is -4.99. The van der Waals surface area contributed by atoms with E-state index in [4.69, 9.17) is 0 Å². The van der Waals surface area contributed by atoms with Crippen molar-refractivity contribution in [1.29, 1.82) is 0 Å². The maximum Gasteiger partial charge on any atom is 0.438 e. The van der Waals surface area contributed by atoms with E-state index < -0.39 is 24.3 Å². The molecule has 6 nitrogen and oxygen atoms in total. The number of hydrogen-bond donors (Lipinski definition) is 1. The molecule has 1 atom stereocenters. The van der Waals surface area contributed by atoms with Crippen LogP contribution in [-0.2, 0) is 0 Å². The maximum atomic E-state index is 13.8. The third-order valence-corrected chi connectivity index (χ3v) is 4.35. The zero-order valence-corrected chi connectivity index (χ0v) is 14.4. The summed E-state index contributed by atoms with van der Waals surface area (Å²) in [5, 5.41) is 22.3. The lowest BCUT2D eigenvalue weighted by Crippen LogP contribution is -2.55. The van der Waals surface area contributed by atoms with Gasteiger partial charge in [0.15, 0.2) is 0 Å². The van der Waals surface area contributed by atoms with Gasteiger partial charge in [0, 0.05) is 5.56 Å². The van der Waals surface area contributed by atoms with Gasteiger partial charge in [-0.2, -0.15) is 28.4 Å². The quantitative estimate of drug-likeness (QED) is 0.748. The summed E-state index contributed by atoms with van der Waals surface area (Å²) in [5.41, 5.74) is -1.75. The first-order valence-corrected chi connectivity index (χ1v) is 8.36. The highest BCUT2D eigenvalue weighted by Gasteiger charge is 2.62. The number of alkyl halides is 3. The van der Waals surface area contributed by atoms with E-state index in [2.05, 4.69) is 20.3 Å². The molecule has 9 heteroatoms. The number of rotatable bonds is 3. The Morgan fingerprint density at radius 2 is 1.54 bits per heavy atom. The van der Waals surface area contributed by atoms with Crippen molar-refractivity contribution in [2.45, 2.75) is 18.3 Å². The van der Waals surface area contributed by atoms with E-state index in [1.54, 1.807) is 60.7 Å². The molecule has 0 aliphatic carbocycles. The summed E-state index contributed by atoms with van der Waals surface area (Å²) in [6.45, 7) is 0. The largest absolute Gasteiger partial charge is 0.438 e. The van der Waals surface area contributed by atoms with Crippen molar-refractivity contribution >= 4 is 11.7 Å². The van der Waals surface area contributed by atoms with Crippen LogP contribution in [0.2, 0.25) is 0 Å². The molecule has 0 spiro atoms. The molecule has 1 aliphatic rings. The lowest BCUT2D eigenvalue weighted by atomic mass is 10.0. The zero-order chi connectivity index (χ0) is 19.8. The monoisotopic (exact) mass is 385 g/mol. The normalized spacial score (nSPS) is 19.6. The van der Waals surface area contributed by atoms with Crippen LogP contribution in [0.1, 0.15) is 12.0 Å². The Hall–Kier alpha value is -3.33. The fourth-order valence-electron chi connectivity index (χ4n) is 2.90. The molecule has 2 aromatic carbocycles. The van der Waals surface area contributed by atoms with Crippen LogP contribution in [0.5, 0.6) is 0 Å². The lowest BCUT2D eigenvalue weighted by molar-refractivity contribution is -0.254. The highest BCUT2D eigenvalue weighted by Crippen LogP contribution is 2.42. The second-order valence-electron chi connectivity index (χ2n) is 6.22. The summed E-state index contributed by atoms with van der Waals surface area (Å²) in [5.74, 6) is -0.438. The molecule has 3 aromatic rings. The van der Waals surface area contributed by atoms with Gasteiger partial charge in [0.1, 0.15) is 0 Å². The van der Waals surface area contributed by atoms with Crippen LogP contribution >= 0.6 is 0 Å². The van der Waals surface area contributed by atoms with Gasteiger partial charge in [-0.05, 0) is 5.56 Å². The Bertz CT molecular complexity index is 1010. The van der Waals surface area contributed by atoms with Crippen LogP contribution < -0.4 is 5.01 Å². The minimum Gasteiger partial charge on any atom is -0.362 e. The van der Waals surface area contributed by atoms with Crippen LogP contribution in [0.4, 0.5) is 19.1 Å². The second-order valence-corrected chi connectivity index (χ2v) is 6.22. The Balaban J connectivity index is 1.80. The Morgan fingerprint density at radius 1 is 0.929 bits per heavy atom. The number of halogens is 3. The van der Waals surface area contributed by atoms with Gasteiger partial charge in [-0.25, -0.2) is 4.98 Å². The van der Waals surface area contributed by atoms with E-state index in [0.717, 1.165) is 0 Å². The van der Waals surface area contributed by atoms with Crippen molar-refractivity contribution in [3.63, 3.8) is 0 Å². The summed E-state index contributed by atoms with van der Waals surface area (Å²) in [6.07, 6.45) is -4.40. The van der Waals surface area contributed by atoms with E-state index in [9.17, 15) is 18.3 Å². The summed E-state index contributed by atoms with van der Waals surface area (Å²) < 4.78 is 41.3. The third kappa shape index (κ3) is 3.09. The summed E-state index contributed by atoms with van der Waals surface area (Å²) >= 11 is 0. The van der Waals surface area contributed by atoms with Crippen molar-refractivity contribution in [2.75, 3.05) is 5.01 Å². The molecule has 0 amide bonds. The molecule has 0 unspecified atom stereocenters. The highest BCUT2D eigenvalue weighted by atomic mass is 19.4. The molecule has 1 N–H and O–H groups in total. The standard InChI is InChI=1S/C19H14F3N5O/c20-19(21,22)18(28)11-15(13-7-3-1-4-8-13)26-27(18)17-24-16(12-23-25-17)14-9-5-2-6-10-14/h1-10,12,28H,11H2/t18-/m0/s1. The Labute approximate surface area is 158 Å². The first kappa shape index (κ1) is 18.1. The van der Waals surface area contributed by atoms with Crippen LogP contribution in [0.15, 0.2) is 72.0 Å². The van der Waals surface area contributed by atoms with E-state index >= 15 is 0 Å². The van der Waals surface area contributed by atoms with E-state index in [1.165, 1.54) is 6.20 Å². The summed E-state index contributed by atoms with van der Waals surface area (Å²) in [6, 6.07) is 17.2. The fraction of sp³-hybridized carbons (Fsp3) is 0.158. The van der Waals surface area contributed by atoms with Crippen molar-refractivity contribution in [3.8, 4) is 11.3 Å². The van der Waals surface area contributed by atoms with Gasteiger partial charge in [-0.3, -0.25) is 0 Å². The molecule has 0 bridgehead atoms. The van der Waals surface area contributed by atoms with Gasteiger partial charge < -0.3 is 5.11 Å². The SMILES string of the molecule is O[C@]1(C(F)(F)F)CC(c2ccccc2)=NN1c1nncc(-c2ccccc2)n1. The number of benzene rings is 2. The van der Waals surface area contributed by atoms with Crippen molar-refractivity contribution in [2.24, 2.45) is 5.10 Å². The molecule has 142 valence electrons. The molecule has 0 saturated carbocycles. The molecule has 1 aromatic heterocycles.